The van der Waals surface area contributed by atoms with E-state index in [2.05, 4.69) is 27.7 Å². The van der Waals surface area contributed by atoms with Crippen molar-refractivity contribution in [3.05, 3.63) is 22.4 Å². The molecule has 2 unspecified atom stereocenters. The second-order valence-electron chi connectivity index (χ2n) is 6.77. The molecular weight excluding hydrogens is 300 g/mol. The van der Waals surface area contributed by atoms with Gasteiger partial charge in [-0.1, -0.05) is 6.07 Å². The lowest BCUT2D eigenvalue weighted by atomic mass is 9.93. The fourth-order valence-electron chi connectivity index (χ4n) is 2.82. The summed E-state index contributed by atoms with van der Waals surface area (Å²) in [7, 11) is 0. The van der Waals surface area contributed by atoms with Gasteiger partial charge in [0.2, 0.25) is 0 Å². The van der Waals surface area contributed by atoms with Gasteiger partial charge in [-0.3, -0.25) is 4.90 Å². The number of aliphatic hydroxyl groups excluding tert-OH is 1. The highest BCUT2D eigenvalue weighted by molar-refractivity contribution is 7.10. The minimum absolute atomic E-state index is 0.0437. The van der Waals surface area contributed by atoms with Crippen LogP contribution in [0.1, 0.15) is 38.0 Å². The normalized spacial score (nSPS) is 23.3. The molecule has 5 nitrogen and oxygen atoms in total. The molecule has 0 spiro atoms. The number of alkyl carbamates (subject to hydrolysis) is 1. The number of rotatable bonds is 4. The van der Waals surface area contributed by atoms with Crippen molar-refractivity contribution < 1.29 is 14.6 Å². The van der Waals surface area contributed by atoms with Gasteiger partial charge in [-0.2, -0.15) is 0 Å². The fraction of sp³-hybridized carbons (Fsp3) is 0.688. The molecule has 1 aliphatic rings. The lowest BCUT2D eigenvalue weighted by molar-refractivity contribution is 0.0459. The first-order valence-electron chi connectivity index (χ1n) is 7.73. The van der Waals surface area contributed by atoms with E-state index in [0.717, 1.165) is 19.5 Å². The smallest absolute Gasteiger partial charge is 0.407 e. The van der Waals surface area contributed by atoms with Gasteiger partial charge in [0.1, 0.15) is 5.60 Å². The summed E-state index contributed by atoms with van der Waals surface area (Å²) in [6, 6.07) is 4.24. The third kappa shape index (κ3) is 5.26. The number of thiophene rings is 1. The Hall–Kier alpha value is -1.11. The van der Waals surface area contributed by atoms with Crippen LogP contribution in [0.5, 0.6) is 0 Å². The van der Waals surface area contributed by atoms with Crippen LogP contribution in [0.3, 0.4) is 0 Å². The maximum absolute atomic E-state index is 12.0. The van der Waals surface area contributed by atoms with Gasteiger partial charge in [0.25, 0.3) is 0 Å². The van der Waals surface area contributed by atoms with Crippen molar-refractivity contribution in [1.29, 1.82) is 0 Å². The zero-order valence-electron chi connectivity index (χ0n) is 13.5. The number of hydrogen-bond acceptors (Lipinski definition) is 5. The third-order valence-electron chi connectivity index (χ3n) is 3.61. The molecule has 1 fully saturated rings. The Balaban J connectivity index is 1.98. The molecule has 2 rings (SSSR count). The summed E-state index contributed by atoms with van der Waals surface area (Å²) < 4.78 is 5.35. The molecule has 1 aromatic rings. The van der Waals surface area contributed by atoms with Crippen LogP contribution in [-0.4, -0.2) is 54.0 Å². The third-order valence-corrected chi connectivity index (χ3v) is 4.64. The summed E-state index contributed by atoms with van der Waals surface area (Å²) >= 11 is 1.75. The number of hydrogen-bond donors (Lipinski definition) is 2. The van der Waals surface area contributed by atoms with Gasteiger partial charge in [-0.05, 0) is 38.6 Å². The highest BCUT2D eigenvalue weighted by Gasteiger charge is 2.30. The minimum Gasteiger partial charge on any atom is -0.444 e. The second-order valence-corrected chi connectivity index (χ2v) is 7.75. The minimum atomic E-state index is -0.489. The molecule has 1 aromatic heterocycles. The SMILES string of the molecule is CC(C)(C)OC(=O)NC1CC(c2cccs2)CN(CCO)C1. The van der Waals surface area contributed by atoms with Crippen LogP contribution in [0.4, 0.5) is 4.79 Å². The number of carbonyl (C=O) groups excluding carboxylic acids is 1. The summed E-state index contributed by atoms with van der Waals surface area (Å²) in [5.41, 5.74) is -0.489. The zero-order chi connectivity index (χ0) is 16.2. The van der Waals surface area contributed by atoms with Gasteiger partial charge in [0, 0.05) is 36.5 Å². The Morgan fingerprint density at radius 2 is 2.27 bits per heavy atom. The zero-order valence-corrected chi connectivity index (χ0v) is 14.4. The molecule has 1 aliphatic heterocycles. The quantitative estimate of drug-likeness (QED) is 0.892. The van der Waals surface area contributed by atoms with Gasteiger partial charge >= 0.3 is 6.09 Å². The number of likely N-dealkylation sites (tertiary alicyclic amines) is 1. The summed E-state index contributed by atoms with van der Waals surface area (Å²) in [4.78, 5) is 15.5. The molecule has 1 saturated heterocycles. The van der Waals surface area contributed by atoms with Crippen molar-refractivity contribution in [2.24, 2.45) is 0 Å². The summed E-state index contributed by atoms with van der Waals surface area (Å²) in [6.07, 6.45) is 0.537. The number of nitrogens with zero attached hydrogens (tertiary/aromatic N) is 1. The molecule has 2 N–H and O–H groups in total. The Morgan fingerprint density at radius 3 is 2.86 bits per heavy atom. The predicted octanol–water partition coefficient (Wildman–Crippen LogP) is 2.42. The van der Waals surface area contributed by atoms with E-state index in [-0.39, 0.29) is 18.7 Å². The van der Waals surface area contributed by atoms with Gasteiger partial charge in [-0.15, -0.1) is 11.3 Å². The van der Waals surface area contributed by atoms with Crippen LogP contribution in [0.2, 0.25) is 0 Å². The van der Waals surface area contributed by atoms with Crippen LogP contribution in [-0.2, 0) is 4.74 Å². The van der Waals surface area contributed by atoms with Gasteiger partial charge < -0.3 is 15.2 Å². The second kappa shape index (κ2) is 7.44. The van der Waals surface area contributed by atoms with E-state index in [1.165, 1.54) is 4.88 Å². The first-order chi connectivity index (χ1) is 10.4. The summed E-state index contributed by atoms with van der Waals surface area (Å²) in [5.74, 6) is 0.389. The Kier molecular flexibility index (Phi) is 5.83. The number of amides is 1. The van der Waals surface area contributed by atoms with Gasteiger partial charge in [-0.25, -0.2) is 4.79 Å². The predicted molar refractivity (Wildman–Crippen MR) is 88.4 cm³/mol. The van der Waals surface area contributed by atoms with Crippen molar-refractivity contribution in [1.82, 2.24) is 10.2 Å². The van der Waals surface area contributed by atoms with E-state index in [4.69, 9.17) is 4.74 Å². The van der Waals surface area contributed by atoms with Crippen molar-refractivity contribution >= 4 is 17.4 Å². The maximum atomic E-state index is 12.0. The first kappa shape index (κ1) is 17.2. The van der Waals surface area contributed by atoms with Crippen LogP contribution < -0.4 is 5.32 Å². The Bertz CT molecular complexity index is 470. The van der Waals surface area contributed by atoms with Crippen LogP contribution >= 0.6 is 11.3 Å². The Labute approximate surface area is 136 Å². The molecule has 2 atom stereocenters. The van der Waals surface area contributed by atoms with E-state index in [1.807, 2.05) is 20.8 Å². The molecule has 0 bridgehead atoms. The number of carbonyl (C=O) groups is 1. The van der Waals surface area contributed by atoms with E-state index in [1.54, 1.807) is 11.3 Å². The number of piperidine rings is 1. The standard InChI is InChI=1S/C16H26N2O3S/c1-16(2,3)21-15(20)17-13-9-12(14-5-4-8-22-14)10-18(11-13)6-7-19/h4-5,8,12-13,19H,6-7,9-11H2,1-3H3,(H,17,20). The molecule has 1 amide bonds. The lowest BCUT2D eigenvalue weighted by Crippen LogP contribution is -2.51. The molecule has 2 heterocycles. The van der Waals surface area contributed by atoms with Gasteiger partial charge in [0.15, 0.2) is 0 Å². The Morgan fingerprint density at radius 1 is 1.50 bits per heavy atom. The average Bonchev–Trinajstić information content (AvgIpc) is 2.90. The highest BCUT2D eigenvalue weighted by Crippen LogP contribution is 2.30. The van der Waals surface area contributed by atoms with E-state index < -0.39 is 5.60 Å². The molecule has 0 aromatic carbocycles. The largest absolute Gasteiger partial charge is 0.444 e. The summed E-state index contributed by atoms with van der Waals surface area (Å²) in [6.45, 7) is 8.03. The lowest BCUT2D eigenvalue weighted by Gasteiger charge is -2.37. The monoisotopic (exact) mass is 326 g/mol. The van der Waals surface area contributed by atoms with E-state index in [0.29, 0.717) is 12.5 Å². The topological polar surface area (TPSA) is 61.8 Å². The van der Waals surface area contributed by atoms with E-state index >= 15 is 0 Å². The fourth-order valence-corrected chi connectivity index (χ4v) is 3.66. The number of nitrogens with one attached hydrogen (secondary N) is 1. The van der Waals surface area contributed by atoms with Crippen LogP contribution in [0, 0.1) is 0 Å². The molecule has 0 aliphatic carbocycles. The molecule has 0 radical (unpaired) electrons. The number of aliphatic hydroxyl groups is 1. The molecular formula is C16H26N2O3S. The van der Waals surface area contributed by atoms with Crippen LogP contribution in [0.15, 0.2) is 17.5 Å². The summed E-state index contributed by atoms with van der Waals surface area (Å²) in [5, 5.41) is 14.3. The van der Waals surface area contributed by atoms with Crippen molar-refractivity contribution in [3.63, 3.8) is 0 Å². The van der Waals surface area contributed by atoms with Crippen LogP contribution in [0.25, 0.3) is 0 Å². The molecule has 22 heavy (non-hydrogen) atoms. The maximum Gasteiger partial charge on any atom is 0.407 e. The van der Waals surface area contributed by atoms with Crippen molar-refractivity contribution in [2.45, 2.75) is 44.8 Å². The molecule has 0 saturated carbocycles. The highest BCUT2D eigenvalue weighted by atomic mass is 32.1. The number of β-amino-alcohol motifs (C(OH)–C–C–N with tert-alkyl or cyclic N) is 1. The average molecular weight is 326 g/mol. The number of ether oxygens (including phenoxy) is 1. The van der Waals surface area contributed by atoms with Gasteiger partial charge in [0.05, 0.1) is 6.61 Å². The molecule has 124 valence electrons. The van der Waals surface area contributed by atoms with Crippen molar-refractivity contribution in [3.8, 4) is 0 Å². The van der Waals surface area contributed by atoms with E-state index in [9.17, 15) is 9.90 Å². The molecule has 6 heteroatoms. The van der Waals surface area contributed by atoms with Crippen molar-refractivity contribution in [2.75, 3.05) is 26.2 Å². The first-order valence-corrected chi connectivity index (χ1v) is 8.61.